The largest absolute Gasteiger partial charge is 0.465 e. The Balaban J connectivity index is 3.26. The lowest BCUT2D eigenvalue weighted by Crippen LogP contribution is -2.18. The monoisotopic (exact) mass is 167 g/mol. The van der Waals surface area contributed by atoms with Crippen LogP contribution < -0.4 is 5.43 Å². The van der Waals surface area contributed by atoms with Crippen molar-refractivity contribution in [2.24, 2.45) is 0 Å². The lowest BCUT2D eigenvalue weighted by atomic mass is 10.2. The summed E-state index contributed by atoms with van der Waals surface area (Å²) >= 11 is 0. The zero-order valence-corrected chi connectivity index (χ0v) is 6.88. The number of ether oxygens (including phenoxy) is 1. The third-order valence-corrected chi connectivity index (χ3v) is 1.54. The quantitative estimate of drug-likeness (QED) is 0.618. The van der Waals surface area contributed by atoms with Gasteiger partial charge >= 0.3 is 5.97 Å². The Morgan fingerprint density at radius 2 is 2.17 bits per heavy atom. The van der Waals surface area contributed by atoms with Gasteiger partial charge in [-0.15, -0.1) is 0 Å². The van der Waals surface area contributed by atoms with Crippen molar-refractivity contribution >= 4 is 5.97 Å². The molecule has 0 spiro atoms. The molecule has 64 valence electrons. The number of nitrogens with one attached hydrogen (secondary N) is 1. The van der Waals surface area contributed by atoms with Crippen LogP contribution in [-0.2, 0) is 4.74 Å². The first-order chi connectivity index (χ1) is 5.66. The lowest BCUT2D eigenvalue weighted by Gasteiger charge is -1.97. The standard InChI is InChI=1S/C8H9NO3/c1-5-3-9-4-6(7(5)10)8(11)12-2/h3-4H,1-2H3,(H,9,10). The average molecular weight is 167 g/mol. The number of hydrogen-bond acceptors (Lipinski definition) is 3. The first-order valence-electron chi connectivity index (χ1n) is 3.43. The summed E-state index contributed by atoms with van der Waals surface area (Å²) in [7, 11) is 1.24. The van der Waals surface area contributed by atoms with E-state index >= 15 is 0 Å². The Morgan fingerprint density at radius 3 is 2.75 bits per heavy atom. The number of carbonyl (C=O) groups is 1. The van der Waals surface area contributed by atoms with Crippen LogP contribution in [0.15, 0.2) is 17.2 Å². The van der Waals surface area contributed by atoms with E-state index < -0.39 is 5.97 Å². The summed E-state index contributed by atoms with van der Waals surface area (Å²) < 4.78 is 4.41. The normalized spacial score (nSPS) is 9.50. The fraction of sp³-hybridized carbons (Fsp3) is 0.250. The zero-order valence-electron chi connectivity index (χ0n) is 6.88. The van der Waals surface area contributed by atoms with Gasteiger partial charge in [0, 0.05) is 18.0 Å². The van der Waals surface area contributed by atoms with Crippen LogP contribution in [0.1, 0.15) is 15.9 Å². The first-order valence-corrected chi connectivity index (χ1v) is 3.43. The summed E-state index contributed by atoms with van der Waals surface area (Å²) in [5.41, 5.74) is 0.246. The predicted molar refractivity (Wildman–Crippen MR) is 43.1 cm³/mol. The van der Waals surface area contributed by atoms with Crippen molar-refractivity contribution in [3.63, 3.8) is 0 Å². The molecule has 0 aliphatic carbocycles. The topological polar surface area (TPSA) is 59.2 Å². The van der Waals surface area contributed by atoms with Gasteiger partial charge in [-0.2, -0.15) is 0 Å². The Kier molecular flexibility index (Phi) is 2.28. The molecule has 1 aromatic rings. The van der Waals surface area contributed by atoms with Crippen molar-refractivity contribution in [3.05, 3.63) is 33.7 Å². The molecular weight excluding hydrogens is 158 g/mol. The van der Waals surface area contributed by atoms with Crippen LogP contribution >= 0.6 is 0 Å². The highest BCUT2D eigenvalue weighted by atomic mass is 16.5. The van der Waals surface area contributed by atoms with Gasteiger partial charge in [0.25, 0.3) is 0 Å². The lowest BCUT2D eigenvalue weighted by molar-refractivity contribution is 0.0598. The molecule has 1 N–H and O–H groups in total. The molecule has 0 saturated carbocycles. The molecule has 0 aliphatic heterocycles. The second-order valence-corrected chi connectivity index (χ2v) is 2.37. The molecule has 0 fully saturated rings. The molecule has 0 aliphatic rings. The molecule has 0 saturated heterocycles. The third kappa shape index (κ3) is 1.37. The van der Waals surface area contributed by atoms with Crippen molar-refractivity contribution in [2.75, 3.05) is 7.11 Å². The Hall–Kier alpha value is -1.58. The van der Waals surface area contributed by atoms with Crippen LogP contribution in [0.2, 0.25) is 0 Å². The second kappa shape index (κ2) is 3.21. The Labute approximate surface area is 69.2 Å². The summed E-state index contributed by atoms with van der Waals surface area (Å²) in [5.74, 6) is -0.611. The number of pyridine rings is 1. The van der Waals surface area contributed by atoms with Crippen molar-refractivity contribution < 1.29 is 9.53 Å². The summed E-state index contributed by atoms with van der Waals surface area (Å²) in [5, 5.41) is 0. The van der Waals surface area contributed by atoms with E-state index in [9.17, 15) is 9.59 Å². The van der Waals surface area contributed by atoms with Gasteiger partial charge in [-0.25, -0.2) is 4.79 Å². The summed E-state index contributed by atoms with van der Waals surface area (Å²) in [6.07, 6.45) is 2.87. The SMILES string of the molecule is COC(=O)c1c[nH]cc(C)c1=O. The highest BCUT2D eigenvalue weighted by molar-refractivity contribution is 5.88. The molecule has 0 amide bonds. The maximum Gasteiger partial charge on any atom is 0.343 e. The molecular formula is C8H9NO3. The van der Waals surface area contributed by atoms with Crippen LogP contribution in [0.25, 0.3) is 0 Å². The number of hydrogen-bond donors (Lipinski definition) is 1. The van der Waals surface area contributed by atoms with E-state index in [1.165, 1.54) is 19.5 Å². The van der Waals surface area contributed by atoms with Crippen molar-refractivity contribution in [1.29, 1.82) is 0 Å². The summed E-state index contributed by atoms with van der Waals surface area (Å²) in [6, 6.07) is 0. The van der Waals surface area contributed by atoms with Gasteiger partial charge in [0.2, 0.25) is 0 Å². The molecule has 1 rings (SSSR count). The molecule has 4 heteroatoms. The third-order valence-electron chi connectivity index (χ3n) is 1.54. The van der Waals surface area contributed by atoms with E-state index in [1.54, 1.807) is 6.92 Å². The van der Waals surface area contributed by atoms with Gasteiger partial charge in [-0.3, -0.25) is 4.79 Å². The van der Waals surface area contributed by atoms with Crippen LogP contribution in [-0.4, -0.2) is 18.1 Å². The Bertz CT molecular complexity index is 354. The highest BCUT2D eigenvalue weighted by Gasteiger charge is 2.10. The number of aryl methyl sites for hydroxylation is 1. The van der Waals surface area contributed by atoms with Crippen molar-refractivity contribution in [2.45, 2.75) is 6.92 Å². The highest BCUT2D eigenvalue weighted by Crippen LogP contribution is 1.93. The van der Waals surface area contributed by atoms with Gasteiger partial charge < -0.3 is 9.72 Å². The summed E-state index contributed by atoms with van der Waals surface area (Å²) in [4.78, 5) is 24.9. The minimum atomic E-state index is -0.611. The number of aromatic nitrogens is 1. The van der Waals surface area contributed by atoms with Crippen molar-refractivity contribution in [1.82, 2.24) is 4.98 Å². The number of esters is 1. The van der Waals surface area contributed by atoms with Gasteiger partial charge in [0.15, 0.2) is 5.43 Å². The zero-order chi connectivity index (χ0) is 9.14. The van der Waals surface area contributed by atoms with E-state index in [4.69, 9.17) is 0 Å². The average Bonchev–Trinajstić information content (AvgIpc) is 2.08. The number of H-pyrrole nitrogens is 1. The number of rotatable bonds is 1. The molecule has 1 heterocycles. The summed E-state index contributed by atoms with van der Waals surface area (Å²) in [6.45, 7) is 1.63. The van der Waals surface area contributed by atoms with Gasteiger partial charge in [0.05, 0.1) is 7.11 Å². The molecule has 0 aromatic carbocycles. The van der Waals surface area contributed by atoms with Crippen LogP contribution in [0, 0.1) is 6.92 Å². The number of methoxy groups -OCH3 is 1. The second-order valence-electron chi connectivity index (χ2n) is 2.37. The van der Waals surface area contributed by atoms with E-state index in [1.807, 2.05) is 0 Å². The molecule has 12 heavy (non-hydrogen) atoms. The fourth-order valence-corrected chi connectivity index (χ4v) is 0.855. The predicted octanol–water partition coefficient (Wildman–Crippen LogP) is 0.470. The number of carbonyl (C=O) groups excluding carboxylic acids is 1. The van der Waals surface area contributed by atoms with Crippen LogP contribution in [0.3, 0.4) is 0 Å². The number of aromatic amines is 1. The molecule has 0 radical (unpaired) electrons. The van der Waals surface area contributed by atoms with E-state index in [0.717, 1.165) is 0 Å². The first kappa shape index (κ1) is 8.52. The maximum atomic E-state index is 11.2. The van der Waals surface area contributed by atoms with Crippen LogP contribution in [0.5, 0.6) is 0 Å². The van der Waals surface area contributed by atoms with Gasteiger partial charge in [-0.1, -0.05) is 0 Å². The van der Waals surface area contributed by atoms with Crippen molar-refractivity contribution in [3.8, 4) is 0 Å². The minimum absolute atomic E-state index is 0.0394. The van der Waals surface area contributed by atoms with E-state index in [2.05, 4.69) is 9.72 Å². The Morgan fingerprint density at radius 1 is 1.50 bits per heavy atom. The molecule has 1 aromatic heterocycles. The van der Waals surface area contributed by atoms with Crippen LogP contribution in [0.4, 0.5) is 0 Å². The smallest absolute Gasteiger partial charge is 0.343 e. The molecule has 0 atom stereocenters. The van der Waals surface area contributed by atoms with Gasteiger partial charge in [-0.05, 0) is 6.92 Å². The molecule has 0 unspecified atom stereocenters. The molecule has 4 nitrogen and oxygen atoms in total. The van der Waals surface area contributed by atoms with E-state index in [0.29, 0.717) is 5.56 Å². The van der Waals surface area contributed by atoms with Gasteiger partial charge in [0.1, 0.15) is 5.56 Å². The minimum Gasteiger partial charge on any atom is -0.465 e. The van der Waals surface area contributed by atoms with E-state index in [-0.39, 0.29) is 11.0 Å². The maximum absolute atomic E-state index is 11.2. The fourth-order valence-electron chi connectivity index (χ4n) is 0.855. The molecule has 0 bridgehead atoms.